The first kappa shape index (κ1) is 9.85. The minimum Gasteiger partial charge on any atom is -0.352 e. The number of hydrogen-bond acceptors (Lipinski definition) is 5. The monoisotopic (exact) mass is 181 g/mol. The van der Waals surface area contributed by atoms with Gasteiger partial charge in [-0.15, -0.1) is 5.10 Å². The summed E-state index contributed by atoms with van der Waals surface area (Å²) in [7, 11) is 1.90. The van der Waals surface area contributed by atoms with Gasteiger partial charge in [-0.3, -0.25) is 0 Å². The van der Waals surface area contributed by atoms with E-state index in [1.807, 2.05) is 20.9 Å². The highest BCUT2D eigenvalue weighted by Gasteiger charge is 1.99. The lowest BCUT2D eigenvalue weighted by molar-refractivity contribution is 0.806. The van der Waals surface area contributed by atoms with Crippen LogP contribution in [0.5, 0.6) is 0 Å². The Kier molecular flexibility index (Phi) is 3.57. The average molecular weight is 181 g/mol. The molecular weight excluding hydrogens is 166 g/mol. The van der Waals surface area contributed by atoms with Gasteiger partial charge in [0.15, 0.2) is 0 Å². The maximum absolute atomic E-state index is 4.23. The van der Waals surface area contributed by atoms with Crippen LogP contribution in [0.15, 0.2) is 0 Å². The third kappa shape index (κ3) is 2.95. The van der Waals surface area contributed by atoms with Crippen LogP contribution in [0, 0.1) is 13.8 Å². The van der Waals surface area contributed by atoms with Crippen LogP contribution in [-0.4, -0.2) is 35.3 Å². The van der Waals surface area contributed by atoms with Gasteiger partial charge in [-0.05, 0) is 20.9 Å². The summed E-state index contributed by atoms with van der Waals surface area (Å²) in [6, 6.07) is 0. The Morgan fingerprint density at radius 2 is 1.85 bits per heavy atom. The van der Waals surface area contributed by atoms with E-state index in [1.54, 1.807) is 0 Å². The van der Waals surface area contributed by atoms with Crippen molar-refractivity contribution in [2.75, 3.05) is 25.5 Å². The first-order chi connectivity index (χ1) is 6.24. The standard InChI is InChI=1S/C8H15N5/c1-6-7(2)12-13-8(11-6)10-5-4-9-3/h9H,4-5H2,1-3H3,(H,10,11,13). The van der Waals surface area contributed by atoms with E-state index in [4.69, 9.17) is 0 Å². The second-order valence-corrected chi connectivity index (χ2v) is 2.84. The Morgan fingerprint density at radius 1 is 1.08 bits per heavy atom. The third-order valence-electron chi connectivity index (χ3n) is 1.75. The van der Waals surface area contributed by atoms with Crippen molar-refractivity contribution in [2.24, 2.45) is 0 Å². The first-order valence-electron chi connectivity index (χ1n) is 4.30. The predicted molar refractivity (Wildman–Crippen MR) is 51.7 cm³/mol. The molecule has 1 heterocycles. The van der Waals surface area contributed by atoms with Crippen molar-refractivity contribution in [1.29, 1.82) is 0 Å². The van der Waals surface area contributed by atoms with Crippen molar-refractivity contribution in [3.05, 3.63) is 11.4 Å². The summed E-state index contributed by atoms with van der Waals surface area (Å²) < 4.78 is 0. The molecule has 0 saturated heterocycles. The van der Waals surface area contributed by atoms with Crippen LogP contribution in [0.4, 0.5) is 5.95 Å². The number of aryl methyl sites for hydroxylation is 2. The van der Waals surface area contributed by atoms with Crippen LogP contribution in [0.2, 0.25) is 0 Å². The lowest BCUT2D eigenvalue weighted by Crippen LogP contribution is -2.19. The van der Waals surface area contributed by atoms with E-state index in [2.05, 4.69) is 25.8 Å². The molecule has 2 N–H and O–H groups in total. The lowest BCUT2D eigenvalue weighted by atomic mass is 10.4. The molecule has 0 unspecified atom stereocenters. The fraction of sp³-hybridized carbons (Fsp3) is 0.625. The van der Waals surface area contributed by atoms with Gasteiger partial charge in [-0.1, -0.05) is 0 Å². The highest BCUT2D eigenvalue weighted by atomic mass is 15.2. The summed E-state index contributed by atoms with van der Waals surface area (Å²) in [6.45, 7) is 5.51. The van der Waals surface area contributed by atoms with Gasteiger partial charge in [-0.25, -0.2) is 4.98 Å². The number of aromatic nitrogens is 3. The molecule has 1 rings (SSSR count). The number of hydrogen-bond donors (Lipinski definition) is 2. The number of anilines is 1. The predicted octanol–water partition coefficient (Wildman–Crippen LogP) is 0.120. The molecule has 72 valence electrons. The quantitative estimate of drug-likeness (QED) is 0.646. The number of likely N-dealkylation sites (N-methyl/N-ethyl adjacent to an activating group) is 1. The molecular formula is C8H15N5. The maximum atomic E-state index is 4.23. The van der Waals surface area contributed by atoms with Gasteiger partial charge in [-0.2, -0.15) is 5.10 Å². The molecule has 0 fully saturated rings. The molecule has 0 bridgehead atoms. The Balaban J connectivity index is 2.53. The molecule has 5 nitrogen and oxygen atoms in total. The zero-order chi connectivity index (χ0) is 9.68. The van der Waals surface area contributed by atoms with Crippen molar-refractivity contribution in [3.8, 4) is 0 Å². The Labute approximate surface area is 78.0 Å². The number of nitrogens with zero attached hydrogens (tertiary/aromatic N) is 3. The smallest absolute Gasteiger partial charge is 0.243 e. The van der Waals surface area contributed by atoms with E-state index in [0.29, 0.717) is 5.95 Å². The first-order valence-corrected chi connectivity index (χ1v) is 4.30. The average Bonchev–Trinajstić information content (AvgIpc) is 2.12. The largest absolute Gasteiger partial charge is 0.352 e. The fourth-order valence-electron chi connectivity index (χ4n) is 0.831. The van der Waals surface area contributed by atoms with Crippen molar-refractivity contribution in [1.82, 2.24) is 20.5 Å². The highest BCUT2D eigenvalue weighted by Crippen LogP contribution is 2.00. The molecule has 1 aromatic rings. The van der Waals surface area contributed by atoms with E-state index < -0.39 is 0 Å². The Morgan fingerprint density at radius 3 is 2.46 bits per heavy atom. The Bertz CT molecular complexity index is 273. The SMILES string of the molecule is CNCCNc1nnc(C)c(C)n1. The van der Waals surface area contributed by atoms with E-state index in [9.17, 15) is 0 Å². The second-order valence-electron chi connectivity index (χ2n) is 2.84. The molecule has 0 atom stereocenters. The third-order valence-corrected chi connectivity index (χ3v) is 1.75. The van der Waals surface area contributed by atoms with Crippen LogP contribution < -0.4 is 10.6 Å². The van der Waals surface area contributed by atoms with Gasteiger partial charge < -0.3 is 10.6 Å². The van der Waals surface area contributed by atoms with Crippen molar-refractivity contribution in [3.63, 3.8) is 0 Å². The summed E-state index contributed by atoms with van der Waals surface area (Å²) >= 11 is 0. The van der Waals surface area contributed by atoms with Gasteiger partial charge in [0.2, 0.25) is 5.95 Å². The van der Waals surface area contributed by atoms with Crippen LogP contribution in [0.25, 0.3) is 0 Å². The van der Waals surface area contributed by atoms with E-state index >= 15 is 0 Å². The van der Waals surface area contributed by atoms with Gasteiger partial charge in [0.05, 0.1) is 11.4 Å². The van der Waals surface area contributed by atoms with Gasteiger partial charge in [0.1, 0.15) is 0 Å². The van der Waals surface area contributed by atoms with Gasteiger partial charge in [0, 0.05) is 13.1 Å². The van der Waals surface area contributed by atoms with Crippen LogP contribution in [-0.2, 0) is 0 Å². The summed E-state index contributed by atoms with van der Waals surface area (Å²) in [4.78, 5) is 4.23. The van der Waals surface area contributed by atoms with E-state index in [-0.39, 0.29) is 0 Å². The number of nitrogens with one attached hydrogen (secondary N) is 2. The van der Waals surface area contributed by atoms with Crippen molar-refractivity contribution < 1.29 is 0 Å². The minimum atomic E-state index is 0.596. The topological polar surface area (TPSA) is 62.7 Å². The molecule has 1 aromatic heterocycles. The minimum absolute atomic E-state index is 0.596. The molecule has 0 aliphatic rings. The van der Waals surface area contributed by atoms with Crippen LogP contribution >= 0.6 is 0 Å². The normalized spacial score (nSPS) is 10.1. The van der Waals surface area contributed by atoms with E-state index in [0.717, 1.165) is 24.5 Å². The number of rotatable bonds is 4. The summed E-state index contributed by atoms with van der Waals surface area (Å²) in [5, 5.41) is 14.0. The van der Waals surface area contributed by atoms with Crippen molar-refractivity contribution >= 4 is 5.95 Å². The van der Waals surface area contributed by atoms with Crippen LogP contribution in [0.1, 0.15) is 11.4 Å². The van der Waals surface area contributed by atoms with Gasteiger partial charge >= 0.3 is 0 Å². The molecule has 0 aromatic carbocycles. The second kappa shape index (κ2) is 4.71. The summed E-state index contributed by atoms with van der Waals surface area (Å²) in [5.41, 5.74) is 1.79. The fourth-order valence-corrected chi connectivity index (χ4v) is 0.831. The zero-order valence-corrected chi connectivity index (χ0v) is 8.26. The molecule has 0 radical (unpaired) electrons. The maximum Gasteiger partial charge on any atom is 0.243 e. The molecule has 5 heteroatoms. The van der Waals surface area contributed by atoms with Gasteiger partial charge in [0.25, 0.3) is 0 Å². The summed E-state index contributed by atoms with van der Waals surface area (Å²) in [5.74, 6) is 0.596. The van der Waals surface area contributed by atoms with Crippen molar-refractivity contribution in [2.45, 2.75) is 13.8 Å². The lowest BCUT2D eigenvalue weighted by Gasteiger charge is -2.04. The molecule has 13 heavy (non-hydrogen) atoms. The van der Waals surface area contributed by atoms with E-state index in [1.165, 1.54) is 0 Å². The molecule has 0 spiro atoms. The highest BCUT2D eigenvalue weighted by molar-refractivity contribution is 5.24. The van der Waals surface area contributed by atoms with Crippen LogP contribution in [0.3, 0.4) is 0 Å². The molecule has 0 aliphatic heterocycles. The zero-order valence-electron chi connectivity index (χ0n) is 8.26. The molecule has 0 aliphatic carbocycles. The Hall–Kier alpha value is -1.23. The molecule has 0 saturated carbocycles. The summed E-state index contributed by atoms with van der Waals surface area (Å²) in [6.07, 6.45) is 0. The molecule has 0 amide bonds.